The number of imidazole rings is 1. The molecule has 0 unspecified atom stereocenters. The van der Waals surface area contributed by atoms with Gasteiger partial charge in [-0.25, -0.2) is 4.98 Å². The van der Waals surface area contributed by atoms with Crippen LogP contribution in [-0.2, 0) is 12.1 Å². The molecule has 0 amide bonds. The van der Waals surface area contributed by atoms with Crippen molar-refractivity contribution in [3.63, 3.8) is 0 Å². The fraction of sp³-hybridized carbons (Fsp3) is 0.136. The second-order valence-electron chi connectivity index (χ2n) is 6.50. The predicted molar refractivity (Wildman–Crippen MR) is 106 cm³/mol. The molecular weight excluding hydrogens is 338 g/mol. The molecule has 0 saturated heterocycles. The average molecular weight is 359 g/mol. The highest BCUT2D eigenvalue weighted by Crippen LogP contribution is 2.37. The molecule has 0 aliphatic heterocycles. The zero-order valence-corrected chi connectivity index (χ0v) is 14.8. The van der Waals surface area contributed by atoms with E-state index in [-0.39, 0.29) is 6.61 Å². The number of nitrogen functional groups attached to an aromatic ring is 1. The lowest BCUT2D eigenvalue weighted by molar-refractivity contribution is 0.110. The van der Waals surface area contributed by atoms with E-state index < -0.39 is 5.60 Å². The molecule has 27 heavy (non-hydrogen) atoms. The Morgan fingerprint density at radius 2 is 1.48 bits per heavy atom. The maximum absolute atomic E-state index is 12.0. The number of anilines is 1. The number of hydrogen-bond donors (Lipinski definition) is 3. The molecule has 0 fully saturated rings. The molecule has 0 radical (unpaired) electrons. The summed E-state index contributed by atoms with van der Waals surface area (Å²) >= 11 is 0. The average Bonchev–Trinajstić information content (AvgIpc) is 3.07. The molecule has 5 heteroatoms. The summed E-state index contributed by atoms with van der Waals surface area (Å²) in [7, 11) is 0. The lowest BCUT2D eigenvalue weighted by Gasteiger charge is -2.29. The number of aliphatic hydroxyl groups excluding tert-OH is 1. The molecule has 4 N–H and O–H groups in total. The van der Waals surface area contributed by atoms with Gasteiger partial charge in [0, 0.05) is 12.2 Å². The van der Waals surface area contributed by atoms with Gasteiger partial charge in [0.1, 0.15) is 0 Å². The summed E-state index contributed by atoms with van der Waals surface area (Å²) in [5.74, 6) is 0.453. The number of hydrogen-bond acceptors (Lipinski definition) is 4. The second kappa shape index (κ2) is 6.87. The third-order valence-electron chi connectivity index (χ3n) is 4.80. The van der Waals surface area contributed by atoms with Crippen LogP contribution in [0.1, 0.15) is 17.0 Å². The first-order valence-electron chi connectivity index (χ1n) is 8.85. The van der Waals surface area contributed by atoms with Crippen molar-refractivity contribution in [2.75, 3.05) is 12.3 Å². The first-order chi connectivity index (χ1) is 13.1. The number of aliphatic hydroxyl groups is 2. The number of fused-ring (bicyclic) bond motifs is 1. The van der Waals surface area contributed by atoms with Crippen LogP contribution in [0, 0.1) is 0 Å². The van der Waals surface area contributed by atoms with Crippen molar-refractivity contribution in [1.29, 1.82) is 0 Å². The molecule has 4 rings (SSSR count). The quantitative estimate of drug-likeness (QED) is 0.478. The van der Waals surface area contributed by atoms with Crippen molar-refractivity contribution in [2.45, 2.75) is 12.1 Å². The fourth-order valence-corrected chi connectivity index (χ4v) is 3.53. The summed E-state index contributed by atoms with van der Waals surface area (Å²) in [6.45, 7) is 0.226. The number of nitrogens with zero attached hydrogens (tertiary/aromatic N) is 2. The summed E-state index contributed by atoms with van der Waals surface area (Å²) in [5.41, 5.74) is 8.02. The van der Waals surface area contributed by atoms with Gasteiger partial charge in [-0.3, -0.25) is 0 Å². The normalized spacial score (nSPS) is 11.8. The zero-order valence-electron chi connectivity index (χ0n) is 14.8. The SMILES string of the molecule is Nc1ccc2nc(C(O)(c3ccccc3)c3ccccc3)n(CCO)c2c1. The maximum atomic E-state index is 12.0. The van der Waals surface area contributed by atoms with Crippen LogP contribution >= 0.6 is 0 Å². The lowest BCUT2D eigenvalue weighted by atomic mass is 9.85. The first-order valence-corrected chi connectivity index (χ1v) is 8.85. The lowest BCUT2D eigenvalue weighted by Crippen LogP contribution is -2.33. The minimum Gasteiger partial charge on any atom is -0.399 e. The molecule has 1 aromatic heterocycles. The van der Waals surface area contributed by atoms with Crippen LogP contribution in [0.5, 0.6) is 0 Å². The minimum atomic E-state index is -1.47. The van der Waals surface area contributed by atoms with Gasteiger partial charge in [0.25, 0.3) is 0 Å². The highest BCUT2D eigenvalue weighted by Gasteiger charge is 2.38. The Hall–Kier alpha value is -3.15. The van der Waals surface area contributed by atoms with Crippen LogP contribution in [0.3, 0.4) is 0 Å². The Labute approximate surface area is 157 Å². The van der Waals surface area contributed by atoms with Gasteiger partial charge in [-0.05, 0) is 29.3 Å². The third-order valence-corrected chi connectivity index (χ3v) is 4.80. The number of benzene rings is 3. The monoisotopic (exact) mass is 359 g/mol. The van der Waals surface area contributed by atoms with Crippen LogP contribution in [0.15, 0.2) is 78.9 Å². The smallest absolute Gasteiger partial charge is 0.173 e. The van der Waals surface area contributed by atoms with Crippen molar-refractivity contribution in [1.82, 2.24) is 9.55 Å². The van der Waals surface area contributed by atoms with E-state index in [1.165, 1.54) is 0 Å². The summed E-state index contributed by atoms with van der Waals surface area (Å²) in [6.07, 6.45) is 0. The Morgan fingerprint density at radius 1 is 0.889 bits per heavy atom. The molecule has 136 valence electrons. The molecule has 0 spiro atoms. The Bertz CT molecular complexity index is 1020. The van der Waals surface area contributed by atoms with E-state index in [1.807, 2.05) is 77.4 Å². The van der Waals surface area contributed by atoms with Crippen LogP contribution in [-0.4, -0.2) is 26.4 Å². The molecule has 0 bridgehead atoms. The maximum Gasteiger partial charge on any atom is 0.173 e. The number of aromatic nitrogens is 2. The van der Waals surface area contributed by atoms with Crippen molar-refractivity contribution in [3.8, 4) is 0 Å². The highest BCUT2D eigenvalue weighted by atomic mass is 16.3. The van der Waals surface area contributed by atoms with Gasteiger partial charge in [-0.2, -0.15) is 0 Å². The van der Waals surface area contributed by atoms with Crippen molar-refractivity contribution >= 4 is 16.7 Å². The van der Waals surface area contributed by atoms with E-state index in [0.717, 1.165) is 11.0 Å². The molecule has 0 aliphatic rings. The van der Waals surface area contributed by atoms with Crippen molar-refractivity contribution in [2.24, 2.45) is 0 Å². The first kappa shape index (κ1) is 17.3. The molecule has 1 heterocycles. The summed E-state index contributed by atoms with van der Waals surface area (Å²) in [4.78, 5) is 4.74. The topological polar surface area (TPSA) is 84.3 Å². The van der Waals surface area contributed by atoms with E-state index in [2.05, 4.69) is 0 Å². The standard InChI is InChI=1S/C22H21N3O2/c23-18-11-12-19-20(15-18)25(13-14-26)21(24-19)22(27,16-7-3-1-4-8-16)17-9-5-2-6-10-17/h1-12,15,26-27H,13-14,23H2. The Kier molecular flexibility index (Phi) is 4.39. The van der Waals surface area contributed by atoms with Gasteiger partial charge in [-0.1, -0.05) is 60.7 Å². The third kappa shape index (κ3) is 2.87. The zero-order chi connectivity index (χ0) is 18.9. The largest absolute Gasteiger partial charge is 0.399 e. The predicted octanol–water partition coefficient (Wildman–Crippen LogP) is 2.90. The number of rotatable bonds is 5. The van der Waals surface area contributed by atoms with E-state index in [4.69, 9.17) is 10.7 Å². The Morgan fingerprint density at radius 3 is 2.04 bits per heavy atom. The summed E-state index contributed by atoms with van der Waals surface area (Å²) in [5, 5.41) is 21.6. The molecular formula is C22H21N3O2. The van der Waals surface area contributed by atoms with Crippen molar-refractivity contribution < 1.29 is 10.2 Å². The summed E-state index contributed by atoms with van der Waals surface area (Å²) in [6, 6.07) is 24.3. The molecule has 0 atom stereocenters. The van der Waals surface area contributed by atoms with Crippen molar-refractivity contribution in [3.05, 3.63) is 95.8 Å². The van der Waals surface area contributed by atoms with Gasteiger partial charge in [0.05, 0.1) is 17.6 Å². The molecule has 5 nitrogen and oxygen atoms in total. The Balaban J connectivity index is 2.06. The molecule has 0 aliphatic carbocycles. The van der Waals surface area contributed by atoms with Crippen LogP contribution < -0.4 is 5.73 Å². The van der Waals surface area contributed by atoms with E-state index in [1.54, 1.807) is 6.07 Å². The summed E-state index contributed by atoms with van der Waals surface area (Å²) < 4.78 is 1.84. The second-order valence-corrected chi connectivity index (χ2v) is 6.50. The minimum absolute atomic E-state index is 0.0765. The van der Waals surface area contributed by atoms with Gasteiger partial charge in [-0.15, -0.1) is 0 Å². The van der Waals surface area contributed by atoms with E-state index >= 15 is 0 Å². The van der Waals surface area contributed by atoms with Crippen LogP contribution in [0.2, 0.25) is 0 Å². The van der Waals surface area contributed by atoms with Gasteiger partial charge in [0.15, 0.2) is 11.4 Å². The molecule has 4 aromatic rings. The van der Waals surface area contributed by atoms with Gasteiger partial charge >= 0.3 is 0 Å². The van der Waals surface area contributed by atoms with E-state index in [9.17, 15) is 10.2 Å². The number of nitrogens with two attached hydrogens (primary N) is 1. The van der Waals surface area contributed by atoms with E-state index in [0.29, 0.717) is 29.2 Å². The fourth-order valence-electron chi connectivity index (χ4n) is 3.53. The van der Waals surface area contributed by atoms with Gasteiger partial charge in [0.2, 0.25) is 0 Å². The highest BCUT2D eigenvalue weighted by molar-refractivity contribution is 5.80. The molecule has 0 saturated carbocycles. The van der Waals surface area contributed by atoms with Crippen LogP contribution in [0.25, 0.3) is 11.0 Å². The van der Waals surface area contributed by atoms with Crippen LogP contribution in [0.4, 0.5) is 5.69 Å². The van der Waals surface area contributed by atoms with Gasteiger partial charge < -0.3 is 20.5 Å². The molecule has 3 aromatic carbocycles.